The van der Waals surface area contributed by atoms with Gasteiger partial charge in [-0.15, -0.1) is 0 Å². The van der Waals surface area contributed by atoms with Crippen molar-refractivity contribution in [2.24, 2.45) is 0 Å². The van der Waals surface area contributed by atoms with Crippen LogP contribution in [0.25, 0.3) is 27.9 Å². The first-order chi connectivity index (χ1) is 14.0. The molecular weight excluding hydrogens is 368 g/mol. The van der Waals surface area contributed by atoms with Crippen LogP contribution in [0.5, 0.6) is 5.75 Å². The number of carbonyl (C=O) groups is 1. The van der Waals surface area contributed by atoms with Crippen molar-refractivity contribution in [1.29, 1.82) is 0 Å². The zero-order chi connectivity index (χ0) is 20.5. The van der Waals surface area contributed by atoms with Crippen LogP contribution in [0, 0.1) is 0 Å². The molecule has 0 fully saturated rings. The molecule has 1 atom stereocenters. The normalized spacial score (nSPS) is 12.2. The summed E-state index contributed by atoms with van der Waals surface area (Å²) in [6.45, 7) is 3.80. The van der Waals surface area contributed by atoms with E-state index >= 15 is 0 Å². The van der Waals surface area contributed by atoms with Crippen molar-refractivity contribution < 1.29 is 14.3 Å². The third-order valence-corrected chi connectivity index (χ3v) is 4.92. The van der Waals surface area contributed by atoms with Gasteiger partial charge < -0.3 is 15.2 Å². The molecule has 0 radical (unpaired) electrons. The van der Waals surface area contributed by atoms with E-state index in [9.17, 15) is 4.79 Å². The molecule has 4 rings (SSSR count). The number of para-hydroxylation sites is 2. The molecule has 29 heavy (non-hydrogen) atoms. The summed E-state index contributed by atoms with van der Waals surface area (Å²) in [5.74, 6) is 0.462. The van der Waals surface area contributed by atoms with Crippen LogP contribution < -0.4 is 10.5 Å². The second-order valence-corrected chi connectivity index (χ2v) is 6.80. The number of esters is 1. The fourth-order valence-electron chi connectivity index (χ4n) is 3.18. The lowest BCUT2D eigenvalue weighted by Gasteiger charge is -2.11. The first-order valence-corrected chi connectivity index (χ1v) is 9.45. The minimum atomic E-state index is -0.501. The molecule has 2 aromatic carbocycles. The zero-order valence-corrected chi connectivity index (χ0v) is 16.5. The number of hydrogen-bond donors (Lipinski definition) is 1. The summed E-state index contributed by atoms with van der Waals surface area (Å²) < 4.78 is 12.5. The molecule has 148 valence electrons. The van der Waals surface area contributed by atoms with Crippen molar-refractivity contribution in [3.8, 4) is 11.4 Å². The van der Waals surface area contributed by atoms with Gasteiger partial charge in [-0.1, -0.05) is 19.1 Å². The highest BCUT2D eigenvalue weighted by molar-refractivity contribution is 6.09. The van der Waals surface area contributed by atoms with E-state index in [2.05, 4.69) is 4.98 Å². The smallest absolute Gasteiger partial charge is 0.344 e. The maximum absolute atomic E-state index is 12.9. The van der Waals surface area contributed by atoms with Gasteiger partial charge in [0.1, 0.15) is 22.6 Å². The molecule has 0 spiro atoms. The first kappa shape index (κ1) is 18.7. The lowest BCUT2D eigenvalue weighted by molar-refractivity contribution is 0.0338. The number of methoxy groups -OCH3 is 1. The summed E-state index contributed by atoms with van der Waals surface area (Å²) in [4.78, 5) is 22.4. The fraction of sp³-hybridized carbons (Fsp3) is 0.227. The Labute approximate surface area is 168 Å². The van der Waals surface area contributed by atoms with Crippen LogP contribution in [-0.4, -0.2) is 33.7 Å². The number of carbonyl (C=O) groups excluding carboxylic acids is 1. The van der Waals surface area contributed by atoms with Crippen molar-refractivity contribution in [3.63, 3.8) is 0 Å². The predicted octanol–water partition coefficient (Wildman–Crippen LogP) is 4.12. The topological polar surface area (TPSA) is 92.3 Å². The highest BCUT2D eigenvalue weighted by Crippen LogP contribution is 2.32. The molecule has 0 bridgehead atoms. The number of hydrogen-bond acceptors (Lipinski definition) is 6. The van der Waals surface area contributed by atoms with Gasteiger partial charge in [0.25, 0.3) is 0 Å². The molecule has 0 amide bonds. The summed E-state index contributed by atoms with van der Waals surface area (Å²) >= 11 is 0. The van der Waals surface area contributed by atoms with E-state index in [1.807, 2.05) is 62.4 Å². The molecule has 7 nitrogen and oxygen atoms in total. The molecule has 0 aliphatic carbocycles. The number of anilines is 1. The minimum Gasteiger partial charge on any atom is -0.497 e. The van der Waals surface area contributed by atoms with E-state index < -0.39 is 5.97 Å². The van der Waals surface area contributed by atoms with Crippen LogP contribution >= 0.6 is 0 Å². The van der Waals surface area contributed by atoms with Gasteiger partial charge >= 0.3 is 5.97 Å². The molecule has 0 saturated carbocycles. The SMILES string of the molecule is CC[C@@H](C)OC(=O)c1c(N)n(-c2ccc(OC)cc2)c2nc3ccccc3nc12. The average Bonchev–Trinajstić information content (AvgIpc) is 3.02. The number of rotatable bonds is 5. The average molecular weight is 390 g/mol. The van der Waals surface area contributed by atoms with E-state index in [0.29, 0.717) is 28.6 Å². The van der Waals surface area contributed by atoms with Crippen LogP contribution in [-0.2, 0) is 4.74 Å². The molecule has 2 N–H and O–H groups in total. The van der Waals surface area contributed by atoms with Crippen molar-refractivity contribution in [3.05, 3.63) is 54.1 Å². The van der Waals surface area contributed by atoms with Crippen LogP contribution in [0.4, 0.5) is 5.82 Å². The van der Waals surface area contributed by atoms with Gasteiger partial charge in [-0.05, 0) is 49.7 Å². The molecular formula is C22H22N4O3. The van der Waals surface area contributed by atoms with Crippen LogP contribution in [0.1, 0.15) is 30.6 Å². The second-order valence-electron chi connectivity index (χ2n) is 6.80. The highest BCUT2D eigenvalue weighted by Gasteiger charge is 2.26. The third kappa shape index (κ3) is 3.24. The molecule has 0 saturated heterocycles. The number of ether oxygens (including phenoxy) is 2. The Bertz CT molecular complexity index is 1200. The molecule has 0 unspecified atom stereocenters. The first-order valence-electron chi connectivity index (χ1n) is 9.45. The number of nitrogens with zero attached hydrogens (tertiary/aromatic N) is 3. The van der Waals surface area contributed by atoms with Crippen LogP contribution in [0.3, 0.4) is 0 Å². The quantitative estimate of drug-likeness (QED) is 0.515. The summed E-state index contributed by atoms with van der Waals surface area (Å²) in [6.07, 6.45) is 0.479. The maximum Gasteiger partial charge on any atom is 0.344 e. The number of aromatic nitrogens is 3. The fourth-order valence-corrected chi connectivity index (χ4v) is 3.18. The molecule has 2 heterocycles. The number of benzene rings is 2. The van der Waals surface area contributed by atoms with Crippen molar-refractivity contribution in [2.45, 2.75) is 26.4 Å². The molecule has 0 aliphatic rings. The largest absolute Gasteiger partial charge is 0.497 e. The van der Waals surface area contributed by atoms with Crippen molar-refractivity contribution in [2.75, 3.05) is 12.8 Å². The Morgan fingerprint density at radius 2 is 1.76 bits per heavy atom. The van der Waals surface area contributed by atoms with Gasteiger partial charge in [0, 0.05) is 5.69 Å². The molecule has 7 heteroatoms. The summed E-state index contributed by atoms with van der Waals surface area (Å²) in [7, 11) is 1.61. The highest BCUT2D eigenvalue weighted by atomic mass is 16.5. The molecule has 0 aliphatic heterocycles. The van der Waals surface area contributed by atoms with E-state index in [1.165, 1.54) is 0 Å². The zero-order valence-electron chi connectivity index (χ0n) is 16.5. The molecule has 2 aromatic heterocycles. The maximum atomic E-state index is 12.9. The predicted molar refractivity (Wildman–Crippen MR) is 113 cm³/mol. The van der Waals surface area contributed by atoms with E-state index in [0.717, 1.165) is 11.4 Å². The Balaban J connectivity index is 1.99. The van der Waals surface area contributed by atoms with Crippen LogP contribution in [0.15, 0.2) is 48.5 Å². The monoisotopic (exact) mass is 390 g/mol. The Morgan fingerprint density at radius 3 is 2.38 bits per heavy atom. The summed E-state index contributed by atoms with van der Waals surface area (Å²) in [6, 6.07) is 14.9. The van der Waals surface area contributed by atoms with Gasteiger partial charge in [0.2, 0.25) is 0 Å². The number of nitrogen functional groups attached to an aromatic ring is 1. The lowest BCUT2D eigenvalue weighted by Crippen LogP contribution is -2.15. The van der Waals surface area contributed by atoms with E-state index in [1.54, 1.807) is 11.7 Å². The molecule has 4 aromatic rings. The van der Waals surface area contributed by atoms with Crippen molar-refractivity contribution in [1.82, 2.24) is 14.5 Å². The lowest BCUT2D eigenvalue weighted by atomic mass is 10.2. The van der Waals surface area contributed by atoms with Gasteiger partial charge in [-0.2, -0.15) is 0 Å². The van der Waals surface area contributed by atoms with E-state index in [4.69, 9.17) is 20.2 Å². The van der Waals surface area contributed by atoms with E-state index in [-0.39, 0.29) is 17.5 Å². The Kier molecular flexibility index (Phi) is 4.80. The van der Waals surface area contributed by atoms with Gasteiger partial charge in [0.15, 0.2) is 5.65 Å². The second kappa shape index (κ2) is 7.43. The van der Waals surface area contributed by atoms with Crippen molar-refractivity contribution >= 4 is 34.0 Å². The van der Waals surface area contributed by atoms with Gasteiger partial charge in [-0.3, -0.25) is 4.57 Å². The standard InChI is InChI=1S/C22H22N4O3/c1-4-13(2)29-22(27)18-19-21(25-17-8-6-5-7-16(17)24-19)26(20(18)23)14-9-11-15(28-3)12-10-14/h5-13H,4,23H2,1-3H3/t13-/m1/s1. The number of nitrogens with two attached hydrogens (primary N) is 1. The summed E-state index contributed by atoms with van der Waals surface area (Å²) in [5, 5.41) is 0. The summed E-state index contributed by atoms with van der Waals surface area (Å²) in [5.41, 5.74) is 9.76. The van der Waals surface area contributed by atoms with Gasteiger partial charge in [0.05, 0.1) is 24.2 Å². The van der Waals surface area contributed by atoms with Gasteiger partial charge in [-0.25, -0.2) is 14.8 Å². The number of fused-ring (bicyclic) bond motifs is 2. The third-order valence-electron chi connectivity index (χ3n) is 4.92. The Hall–Kier alpha value is -3.61. The Morgan fingerprint density at radius 1 is 1.10 bits per heavy atom. The van der Waals surface area contributed by atoms with Crippen LogP contribution in [0.2, 0.25) is 0 Å². The minimum absolute atomic E-state index is 0.227.